The molecule has 1 atom stereocenters. The smallest absolute Gasteiger partial charge is 0.142 e. The van der Waals surface area contributed by atoms with E-state index < -0.39 is 0 Å². The Morgan fingerprint density at radius 1 is 1.47 bits per heavy atom. The van der Waals surface area contributed by atoms with Gasteiger partial charge < -0.3 is 4.74 Å². The molecule has 3 nitrogen and oxygen atoms in total. The number of carbonyl (C=O) groups excluding carboxylic acids is 1. The van der Waals surface area contributed by atoms with Crippen LogP contribution < -0.4 is 0 Å². The molecule has 0 bridgehead atoms. The van der Waals surface area contributed by atoms with Gasteiger partial charge in [-0.1, -0.05) is 6.92 Å². The summed E-state index contributed by atoms with van der Waals surface area (Å²) >= 11 is 0. The van der Waals surface area contributed by atoms with Crippen molar-refractivity contribution in [1.82, 2.24) is 4.98 Å². The van der Waals surface area contributed by atoms with Crippen LogP contribution in [0.5, 0.6) is 0 Å². The van der Waals surface area contributed by atoms with Gasteiger partial charge in [0.1, 0.15) is 5.78 Å². The Morgan fingerprint density at radius 2 is 2.12 bits per heavy atom. The minimum Gasteiger partial charge on any atom is -0.378 e. The van der Waals surface area contributed by atoms with Crippen molar-refractivity contribution in [2.75, 3.05) is 7.11 Å². The van der Waals surface area contributed by atoms with Gasteiger partial charge in [-0.05, 0) is 37.0 Å². The van der Waals surface area contributed by atoms with Gasteiger partial charge in [0, 0.05) is 31.8 Å². The standard InChI is InChI=1S/C14H19NO2/c1-11(12-4-8-15-9-5-12)13(16)10-14(17-2)6-3-7-14/h4-5,8-9,11H,3,6-7,10H2,1-2H3. The van der Waals surface area contributed by atoms with Crippen molar-refractivity contribution in [2.45, 2.75) is 44.1 Å². The van der Waals surface area contributed by atoms with Crippen LogP contribution >= 0.6 is 0 Å². The Hall–Kier alpha value is -1.22. The molecule has 0 N–H and O–H groups in total. The third-order valence-electron chi connectivity index (χ3n) is 3.88. The number of ether oxygens (including phenoxy) is 1. The second-order valence-electron chi connectivity index (χ2n) is 4.89. The van der Waals surface area contributed by atoms with Gasteiger partial charge in [-0.2, -0.15) is 0 Å². The maximum atomic E-state index is 12.2. The Morgan fingerprint density at radius 3 is 2.59 bits per heavy atom. The van der Waals surface area contributed by atoms with Crippen LogP contribution in [-0.4, -0.2) is 23.5 Å². The molecule has 1 aliphatic rings. The van der Waals surface area contributed by atoms with E-state index in [1.807, 2.05) is 19.1 Å². The lowest BCUT2D eigenvalue weighted by atomic mass is 9.74. The number of hydrogen-bond donors (Lipinski definition) is 0. The molecule has 92 valence electrons. The van der Waals surface area contributed by atoms with Crippen LogP contribution in [0.25, 0.3) is 0 Å². The molecule has 0 aromatic carbocycles. The molecule has 0 saturated heterocycles. The molecular formula is C14H19NO2. The summed E-state index contributed by atoms with van der Waals surface area (Å²) in [6.45, 7) is 1.96. The summed E-state index contributed by atoms with van der Waals surface area (Å²) in [6.07, 6.45) is 7.19. The minimum absolute atomic E-state index is 0.0642. The highest BCUT2D eigenvalue weighted by Crippen LogP contribution is 2.39. The zero-order valence-corrected chi connectivity index (χ0v) is 10.5. The van der Waals surface area contributed by atoms with Gasteiger partial charge in [0.05, 0.1) is 5.60 Å². The van der Waals surface area contributed by atoms with Gasteiger partial charge >= 0.3 is 0 Å². The molecule has 1 saturated carbocycles. The second-order valence-corrected chi connectivity index (χ2v) is 4.89. The Balaban J connectivity index is 2.01. The number of aromatic nitrogens is 1. The van der Waals surface area contributed by atoms with Crippen molar-refractivity contribution < 1.29 is 9.53 Å². The maximum Gasteiger partial charge on any atom is 0.142 e. The summed E-state index contributed by atoms with van der Waals surface area (Å²) < 4.78 is 5.50. The molecule has 1 heterocycles. The number of nitrogens with zero attached hydrogens (tertiary/aromatic N) is 1. The van der Waals surface area contributed by atoms with E-state index in [9.17, 15) is 4.79 Å². The third kappa shape index (κ3) is 2.55. The Labute approximate surface area is 102 Å². The average molecular weight is 233 g/mol. The number of Topliss-reactive ketones (excluding diaryl/α,β-unsaturated/α-hetero) is 1. The molecule has 2 rings (SSSR count). The van der Waals surface area contributed by atoms with Crippen molar-refractivity contribution in [3.63, 3.8) is 0 Å². The Bertz CT molecular complexity index is 379. The monoisotopic (exact) mass is 233 g/mol. The third-order valence-corrected chi connectivity index (χ3v) is 3.88. The van der Waals surface area contributed by atoms with E-state index in [-0.39, 0.29) is 17.3 Å². The van der Waals surface area contributed by atoms with Gasteiger partial charge in [-0.15, -0.1) is 0 Å². The van der Waals surface area contributed by atoms with Crippen LogP contribution in [0.4, 0.5) is 0 Å². The molecule has 0 spiro atoms. The predicted molar refractivity (Wildman–Crippen MR) is 65.9 cm³/mol. The van der Waals surface area contributed by atoms with Crippen molar-refractivity contribution in [2.24, 2.45) is 0 Å². The van der Waals surface area contributed by atoms with Crippen LogP contribution in [0.1, 0.15) is 44.1 Å². The number of ketones is 1. The number of methoxy groups -OCH3 is 1. The molecule has 3 heteroatoms. The van der Waals surface area contributed by atoms with Crippen LogP contribution in [-0.2, 0) is 9.53 Å². The van der Waals surface area contributed by atoms with Crippen molar-refractivity contribution in [3.8, 4) is 0 Å². The molecular weight excluding hydrogens is 214 g/mol. The lowest BCUT2D eigenvalue weighted by Crippen LogP contribution is -2.41. The highest BCUT2D eigenvalue weighted by Gasteiger charge is 2.39. The molecule has 17 heavy (non-hydrogen) atoms. The minimum atomic E-state index is -0.168. The molecule has 0 amide bonds. The molecule has 1 aromatic heterocycles. The van der Waals surface area contributed by atoms with Crippen LogP contribution in [0.3, 0.4) is 0 Å². The first-order chi connectivity index (χ1) is 8.17. The second kappa shape index (κ2) is 4.96. The van der Waals surface area contributed by atoms with Gasteiger partial charge in [-0.25, -0.2) is 0 Å². The fourth-order valence-corrected chi connectivity index (χ4v) is 2.33. The zero-order valence-electron chi connectivity index (χ0n) is 10.5. The first-order valence-corrected chi connectivity index (χ1v) is 6.15. The van der Waals surface area contributed by atoms with E-state index in [0.717, 1.165) is 18.4 Å². The Kier molecular flexibility index (Phi) is 3.57. The maximum absolute atomic E-state index is 12.2. The molecule has 1 aromatic rings. The van der Waals surface area contributed by atoms with E-state index >= 15 is 0 Å². The fraction of sp³-hybridized carbons (Fsp3) is 0.571. The van der Waals surface area contributed by atoms with Gasteiger partial charge in [0.15, 0.2) is 0 Å². The summed E-state index contributed by atoms with van der Waals surface area (Å²) in [6, 6.07) is 3.81. The summed E-state index contributed by atoms with van der Waals surface area (Å²) in [5, 5.41) is 0. The SMILES string of the molecule is COC1(CC(=O)C(C)c2ccncc2)CCC1. The molecule has 0 aliphatic heterocycles. The lowest BCUT2D eigenvalue weighted by Gasteiger charge is -2.40. The van der Waals surface area contributed by atoms with Crippen LogP contribution in [0.15, 0.2) is 24.5 Å². The quantitative estimate of drug-likeness (QED) is 0.785. The van der Waals surface area contributed by atoms with Crippen LogP contribution in [0.2, 0.25) is 0 Å². The number of carbonyl (C=O) groups is 1. The van der Waals surface area contributed by atoms with E-state index in [1.54, 1.807) is 19.5 Å². The topological polar surface area (TPSA) is 39.2 Å². The van der Waals surface area contributed by atoms with Gasteiger partial charge in [0.2, 0.25) is 0 Å². The molecule has 1 unspecified atom stereocenters. The molecule has 0 radical (unpaired) electrons. The van der Waals surface area contributed by atoms with E-state index in [0.29, 0.717) is 6.42 Å². The fourth-order valence-electron chi connectivity index (χ4n) is 2.33. The van der Waals surface area contributed by atoms with E-state index in [4.69, 9.17) is 4.74 Å². The number of pyridine rings is 1. The van der Waals surface area contributed by atoms with Crippen molar-refractivity contribution in [1.29, 1.82) is 0 Å². The first kappa shape index (κ1) is 12.2. The summed E-state index contributed by atoms with van der Waals surface area (Å²) in [4.78, 5) is 16.2. The van der Waals surface area contributed by atoms with E-state index in [1.165, 1.54) is 6.42 Å². The highest BCUT2D eigenvalue weighted by atomic mass is 16.5. The number of rotatable bonds is 5. The summed E-state index contributed by atoms with van der Waals surface area (Å²) in [5.41, 5.74) is 0.869. The first-order valence-electron chi connectivity index (χ1n) is 6.15. The molecule has 1 aliphatic carbocycles. The van der Waals surface area contributed by atoms with Gasteiger partial charge in [-0.3, -0.25) is 9.78 Å². The molecule has 1 fully saturated rings. The summed E-state index contributed by atoms with van der Waals surface area (Å²) in [5.74, 6) is 0.198. The highest BCUT2D eigenvalue weighted by molar-refractivity contribution is 5.86. The number of hydrogen-bond acceptors (Lipinski definition) is 3. The van der Waals surface area contributed by atoms with Crippen molar-refractivity contribution >= 4 is 5.78 Å². The zero-order chi connectivity index (χ0) is 12.3. The van der Waals surface area contributed by atoms with E-state index in [2.05, 4.69) is 4.98 Å². The van der Waals surface area contributed by atoms with Crippen molar-refractivity contribution in [3.05, 3.63) is 30.1 Å². The van der Waals surface area contributed by atoms with Crippen LogP contribution in [0, 0.1) is 0 Å². The predicted octanol–water partition coefficient (Wildman–Crippen LogP) is 2.71. The lowest BCUT2D eigenvalue weighted by molar-refractivity contribution is -0.133. The largest absolute Gasteiger partial charge is 0.378 e. The normalized spacial score (nSPS) is 19.4. The van der Waals surface area contributed by atoms with Gasteiger partial charge in [0.25, 0.3) is 0 Å². The average Bonchev–Trinajstić information content (AvgIpc) is 2.33. The summed E-state index contributed by atoms with van der Waals surface area (Å²) in [7, 11) is 1.71.